The second-order valence-electron chi connectivity index (χ2n) is 3.44. The molecule has 0 aliphatic rings. The molecule has 0 saturated carbocycles. The van der Waals surface area contributed by atoms with Gasteiger partial charge in [-0.2, -0.15) is 0 Å². The summed E-state index contributed by atoms with van der Waals surface area (Å²) < 4.78 is 0. The van der Waals surface area contributed by atoms with Gasteiger partial charge in [-0.15, -0.1) is 0 Å². The fraction of sp³-hybridized carbons (Fsp3) is 0. The van der Waals surface area contributed by atoms with Gasteiger partial charge in [0, 0.05) is 11.3 Å². The van der Waals surface area contributed by atoms with Crippen LogP contribution in [0.5, 0.6) is 0 Å². The molecular weight excluding hydrogens is 197 g/mol. The summed E-state index contributed by atoms with van der Waals surface area (Å²) in [6.45, 7) is 0. The van der Waals surface area contributed by atoms with Crippen LogP contribution in [0.4, 0.5) is 5.69 Å². The van der Waals surface area contributed by atoms with Crippen LogP contribution in [0.3, 0.4) is 0 Å². The largest absolute Gasteiger partial charge is 0.322 e. The van der Waals surface area contributed by atoms with Crippen LogP contribution in [0.25, 0.3) is 0 Å². The van der Waals surface area contributed by atoms with Crippen molar-refractivity contribution in [1.29, 1.82) is 0 Å². The lowest BCUT2D eigenvalue weighted by atomic mass is 9.95. The smallest absolute Gasteiger partial charge is 0.255 e. The highest BCUT2D eigenvalue weighted by atomic mass is 16.1. The highest BCUT2D eigenvalue weighted by Crippen LogP contribution is 2.07. The summed E-state index contributed by atoms with van der Waals surface area (Å²) in [5, 5.41) is 2.80. The first-order valence-corrected chi connectivity index (χ1v) is 4.97. The molecule has 0 aromatic heterocycles. The van der Waals surface area contributed by atoms with Crippen molar-refractivity contribution in [1.82, 2.24) is 0 Å². The van der Waals surface area contributed by atoms with Crippen LogP contribution in [0.2, 0.25) is 0 Å². The van der Waals surface area contributed by atoms with Crippen molar-refractivity contribution in [2.75, 3.05) is 5.32 Å². The Kier molecular flexibility index (Phi) is 3.06. The Bertz CT molecular complexity index is 479. The van der Waals surface area contributed by atoms with E-state index in [1.165, 1.54) is 0 Å². The number of hydrogen-bond donors (Lipinski definition) is 1. The molecular formula is C13H10BNO. The number of nitrogens with one attached hydrogen (secondary N) is 1. The zero-order valence-corrected chi connectivity index (χ0v) is 8.68. The summed E-state index contributed by atoms with van der Waals surface area (Å²) in [7, 11) is 5.55. The molecule has 0 heterocycles. The number of para-hydroxylation sites is 1. The lowest BCUT2D eigenvalue weighted by Gasteiger charge is -2.04. The monoisotopic (exact) mass is 207 g/mol. The Morgan fingerprint density at radius 3 is 2.19 bits per heavy atom. The van der Waals surface area contributed by atoms with Crippen LogP contribution in [-0.4, -0.2) is 13.8 Å². The van der Waals surface area contributed by atoms with Gasteiger partial charge in [0.25, 0.3) is 5.91 Å². The Morgan fingerprint density at radius 2 is 1.56 bits per heavy atom. The van der Waals surface area contributed by atoms with E-state index in [-0.39, 0.29) is 5.91 Å². The van der Waals surface area contributed by atoms with Crippen molar-refractivity contribution < 1.29 is 4.79 Å². The third kappa shape index (κ3) is 2.51. The minimum Gasteiger partial charge on any atom is -0.322 e. The predicted octanol–water partition coefficient (Wildman–Crippen LogP) is 1.73. The van der Waals surface area contributed by atoms with E-state index in [9.17, 15) is 4.79 Å². The first-order valence-electron chi connectivity index (χ1n) is 4.97. The molecule has 0 bridgehead atoms. The normalized spacial score (nSPS) is 9.75. The van der Waals surface area contributed by atoms with Gasteiger partial charge in [-0.1, -0.05) is 47.9 Å². The first-order chi connectivity index (χ1) is 7.75. The number of benzene rings is 2. The number of anilines is 1. The third-order valence-corrected chi connectivity index (χ3v) is 2.20. The van der Waals surface area contributed by atoms with E-state index in [0.29, 0.717) is 11.0 Å². The van der Waals surface area contributed by atoms with Crippen LogP contribution >= 0.6 is 0 Å². The minimum absolute atomic E-state index is 0.133. The molecule has 1 amide bonds. The van der Waals surface area contributed by atoms with Gasteiger partial charge in [-0.25, -0.2) is 0 Å². The second kappa shape index (κ2) is 4.66. The molecule has 0 spiro atoms. The van der Waals surface area contributed by atoms with E-state index in [1.54, 1.807) is 24.3 Å². The maximum atomic E-state index is 11.8. The summed E-state index contributed by atoms with van der Waals surface area (Å²) in [5.74, 6) is -0.133. The summed E-state index contributed by atoms with van der Waals surface area (Å²) in [6, 6.07) is 16.2. The summed E-state index contributed by atoms with van der Waals surface area (Å²) in [5.41, 5.74) is 2.03. The first kappa shape index (κ1) is 10.5. The van der Waals surface area contributed by atoms with Gasteiger partial charge in [-0.3, -0.25) is 4.79 Å². The van der Waals surface area contributed by atoms with Gasteiger partial charge in [0.15, 0.2) is 0 Å². The van der Waals surface area contributed by atoms with E-state index >= 15 is 0 Å². The van der Waals surface area contributed by atoms with Gasteiger partial charge < -0.3 is 5.32 Å². The topological polar surface area (TPSA) is 29.1 Å². The number of rotatable bonds is 2. The van der Waals surface area contributed by atoms with Crippen molar-refractivity contribution >= 4 is 24.9 Å². The average Bonchev–Trinajstić information content (AvgIpc) is 2.31. The van der Waals surface area contributed by atoms with Crippen molar-refractivity contribution in [2.45, 2.75) is 0 Å². The Morgan fingerprint density at radius 1 is 0.938 bits per heavy atom. The summed E-state index contributed by atoms with van der Waals surface area (Å²) in [4.78, 5) is 11.8. The molecule has 1 N–H and O–H groups in total. The number of carbonyl (C=O) groups is 1. The Balaban J connectivity index is 2.12. The van der Waals surface area contributed by atoms with Crippen LogP contribution in [0, 0.1) is 0 Å². The van der Waals surface area contributed by atoms with Crippen LogP contribution < -0.4 is 10.8 Å². The van der Waals surface area contributed by atoms with Crippen LogP contribution in [0.15, 0.2) is 54.6 Å². The van der Waals surface area contributed by atoms with E-state index in [4.69, 9.17) is 7.85 Å². The second-order valence-corrected chi connectivity index (χ2v) is 3.44. The molecule has 0 saturated heterocycles. The SMILES string of the molecule is [B]c1ccc(C(=O)Nc2ccccc2)cc1. The van der Waals surface area contributed by atoms with E-state index in [1.807, 2.05) is 30.3 Å². The zero-order valence-electron chi connectivity index (χ0n) is 8.68. The van der Waals surface area contributed by atoms with Crippen LogP contribution in [-0.2, 0) is 0 Å². The van der Waals surface area contributed by atoms with Gasteiger partial charge in [0.05, 0.1) is 0 Å². The lowest BCUT2D eigenvalue weighted by molar-refractivity contribution is 0.102. The fourth-order valence-corrected chi connectivity index (χ4v) is 1.36. The fourth-order valence-electron chi connectivity index (χ4n) is 1.36. The maximum Gasteiger partial charge on any atom is 0.255 e. The third-order valence-electron chi connectivity index (χ3n) is 2.20. The quantitative estimate of drug-likeness (QED) is 0.746. The molecule has 2 aromatic carbocycles. The molecule has 76 valence electrons. The molecule has 0 fully saturated rings. The van der Waals surface area contributed by atoms with Crippen LogP contribution in [0.1, 0.15) is 10.4 Å². The molecule has 2 nitrogen and oxygen atoms in total. The van der Waals surface area contributed by atoms with Gasteiger partial charge in [0.2, 0.25) is 0 Å². The predicted molar refractivity (Wildman–Crippen MR) is 66.2 cm³/mol. The maximum absolute atomic E-state index is 11.8. The molecule has 2 radical (unpaired) electrons. The minimum atomic E-state index is -0.133. The number of amides is 1. The molecule has 0 aliphatic heterocycles. The summed E-state index contributed by atoms with van der Waals surface area (Å²) in [6.07, 6.45) is 0. The molecule has 16 heavy (non-hydrogen) atoms. The number of hydrogen-bond acceptors (Lipinski definition) is 1. The molecule has 2 aromatic rings. The zero-order chi connectivity index (χ0) is 11.4. The Hall–Kier alpha value is -2.03. The van der Waals surface area contributed by atoms with Gasteiger partial charge in [0.1, 0.15) is 7.85 Å². The van der Waals surface area contributed by atoms with Crippen molar-refractivity contribution in [3.63, 3.8) is 0 Å². The molecule has 0 unspecified atom stereocenters. The van der Waals surface area contributed by atoms with E-state index in [0.717, 1.165) is 5.69 Å². The highest BCUT2D eigenvalue weighted by Gasteiger charge is 2.04. The molecule has 2 rings (SSSR count). The summed E-state index contributed by atoms with van der Waals surface area (Å²) >= 11 is 0. The standard InChI is InChI=1S/C13H10BNO/c14-11-8-6-10(7-9-11)13(16)15-12-4-2-1-3-5-12/h1-9H,(H,15,16). The van der Waals surface area contributed by atoms with E-state index in [2.05, 4.69) is 5.32 Å². The lowest BCUT2D eigenvalue weighted by Crippen LogP contribution is -2.13. The van der Waals surface area contributed by atoms with Gasteiger partial charge >= 0.3 is 0 Å². The Labute approximate surface area is 95.7 Å². The van der Waals surface area contributed by atoms with Crippen molar-refractivity contribution in [3.05, 3.63) is 60.2 Å². The molecule has 0 aliphatic carbocycles. The van der Waals surface area contributed by atoms with E-state index < -0.39 is 0 Å². The van der Waals surface area contributed by atoms with Crippen molar-refractivity contribution in [2.24, 2.45) is 0 Å². The average molecular weight is 207 g/mol. The molecule has 3 heteroatoms. The highest BCUT2D eigenvalue weighted by molar-refractivity contribution is 6.32. The number of carbonyl (C=O) groups excluding carboxylic acids is 1. The van der Waals surface area contributed by atoms with Crippen molar-refractivity contribution in [3.8, 4) is 0 Å². The molecule has 0 atom stereocenters. The van der Waals surface area contributed by atoms with Gasteiger partial charge in [-0.05, 0) is 12.1 Å².